The number of piperazine rings is 1. The zero-order valence-electron chi connectivity index (χ0n) is 16.4. The van der Waals surface area contributed by atoms with E-state index in [1.807, 2.05) is 0 Å². The lowest BCUT2D eigenvalue weighted by Gasteiger charge is -2.41. The van der Waals surface area contributed by atoms with E-state index < -0.39 is 5.97 Å². The Bertz CT molecular complexity index is 898. The number of benzene rings is 1. The van der Waals surface area contributed by atoms with E-state index in [0.29, 0.717) is 28.8 Å². The summed E-state index contributed by atoms with van der Waals surface area (Å²) in [5.41, 5.74) is 0.459. The number of nitrogens with zero attached hydrogens (tertiary/aromatic N) is 3. The summed E-state index contributed by atoms with van der Waals surface area (Å²) < 4.78 is 1.63. The molecule has 1 aromatic heterocycles. The third-order valence-electron chi connectivity index (χ3n) is 5.25. The van der Waals surface area contributed by atoms with Gasteiger partial charge in [-0.2, -0.15) is 0 Å². The molecular weight excluding hydrogens is 344 g/mol. The van der Waals surface area contributed by atoms with Gasteiger partial charge in [0.15, 0.2) is 0 Å². The highest BCUT2D eigenvalue weighted by Crippen LogP contribution is 2.27. The maximum absolute atomic E-state index is 12.9. The van der Waals surface area contributed by atoms with E-state index in [-0.39, 0.29) is 17.2 Å². The Kier molecular flexibility index (Phi) is 5.62. The highest BCUT2D eigenvalue weighted by molar-refractivity contribution is 5.92. The number of nitrogens with one attached hydrogen (secondary N) is 1. The van der Waals surface area contributed by atoms with E-state index in [9.17, 15) is 14.7 Å². The molecule has 7 nitrogen and oxygen atoms in total. The second kappa shape index (κ2) is 7.78. The Hall–Kier alpha value is -2.25. The fourth-order valence-electron chi connectivity index (χ4n) is 4.09. The summed E-state index contributed by atoms with van der Waals surface area (Å²) in [7, 11) is 1.76. The van der Waals surface area contributed by atoms with E-state index in [4.69, 9.17) is 4.98 Å². The highest BCUT2D eigenvalue weighted by Gasteiger charge is 2.30. The van der Waals surface area contributed by atoms with Crippen LogP contribution in [0.5, 0.6) is 0 Å². The molecule has 146 valence electrons. The maximum Gasteiger partial charge on any atom is 0.335 e. The summed E-state index contributed by atoms with van der Waals surface area (Å²) >= 11 is 0. The topological polar surface area (TPSA) is 87.5 Å². The number of rotatable bonds is 5. The summed E-state index contributed by atoms with van der Waals surface area (Å²) in [5, 5.41) is 13.3. The van der Waals surface area contributed by atoms with Gasteiger partial charge in [0.25, 0.3) is 5.56 Å². The van der Waals surface area contributed by atoms with Gasteiger partial charge in [-0.3, -0.25) is 14.3 Å². The number of carbonyl (C=O) groups is 1. The molecule has 1 aliphatic heterocycles. The molecule has 2 heterocycles. The van der Waals surface area contributed by atoms with Gasteiger partial charge in [0.1, 0.15) is 5.82 Å². The first-order chi connectivity index (χ1) is 12.8. The van der Waals surface area contributed by atoms with Crippen LogP contribution in [-0.2, 0) is 7.05 Å². The zero-order chi connectivity index (χ0) is 19.7. The van der Waals surface area contributed by atoms with Crippen LogP contribution in [0.1, 0.15) is 55.8 Å². The number of hydrogen-bond acceptors (Lipinski definition) is 5. The molecule has 0 amide bonds. The van der Waals surface area contributed by atoms with Crippen molar-refractivity contribution in [1.29, 1.82) is 0 Å². The van der Waals surface area contributed by atoms with Gasteiger partial charge in [0.2, 0.25) is 0 Å². The molecule has 27 heavy (non-hydrogen) atoms. The molecule has 2 aromatic rings. The third kappa shape index (κ3) is 3.89. The molecule has 1 saturated heterocycles. The van der Waals surface area contributed by atoms with Crippen molar-refractivity contribution in [3.05, 3.63) is 39.9 Å². The quantitative estimate of drug-likeness (QED) is 0.836. The normalized spacial score (nSPS) is 22.1. The average molecular weight is 372 g/mol. The van der Waals surface area contributed by atoms with Crippen LogP contribution >= 0.6 is 0 Å². The van der Waals surface area contributed by atoms with E-state index in [1.165, 1.54) is 12.1 Å². The first-order valence-electron chi connectivity index (χ1n) is 9.55. The molecule has 1 aliphatic rings. The Balaban J connectivity index is 2.12. The lowest BCUT2D eigenvalue weighted by Crippen LogP contribution is -2.55. The van der Waals surface area contributed by atoms with Crippen molar-refractivity contribution in [1.82, 2.24) is 19.8 Å². The molecular formula is C20H28N4O3. The van der Waals surface area contributed by atoms with Crippen LogP contribution in [0.4, 0.5) is 0 Å². The lowest BCUT2D eigenvalue weighted by molar-refractivity contribution is 0.0697. The van der Waals surface area contributed by atoms with Gasteiger partial charge in [-0.25, -0.2) is 9.78 Å². The van der Waals surface area contributed by atoms with Crippen molar-refractivity contribution in [2.24, 2.45) is 7.05 Å². The van der Waals surface area contributed by atoms with Crippen LogP contribution in [0, 0.1) is 0 Å². The van der Waals surface area contributed by atoms with Crippen molar-refractivity contribution in [3.8, 4) is 0 Å². The Morgan fingerprint density at radius 3 is 2.59 bits per heavy atom. The second-order valence-electron chi connectivity index (χ2n) is 7.60. The molecule has 3 atom stereocenters. The van der Waals surface area contributed by atoms with Crippen molar-refractivity contribution in [2.45, 2.75) is 51.7 Å². The standard InChI is InChI=1S/C20H28N4O3/c1-5-6-17(24-10-12(2)21-13(3)11-24)18-22-16-9-14(20(26)27)7-8-15(16)19(25)23(18)4/h7-9,12-13,17,21H,5-6,10-11H2,1-4H3,(H,26,27)/t12-,13+,17?. The monoisotopic (exact) mass is 372 g/mol. The first-order valence-corrected chi connectivity index (χ1v) is 9.55. The van der Waals surface area contributed by atoms with Gasteiger partial charge in [0.05, 0.1) is 22.5 Å². The molecule has 1 fully saturated rings. The summed E-state index contributed by atoms with van der Waals surface area (Å²) in [6.07, 6.45) is 1.87. The Labute approximate surface area is 159 Å². The molecule has 0 saturated carbocycles. The van der Waals surface area contributed by atoms with Gasteiger partial charge in [0, 0.05) is 32.2 Å². The molecule has 3 rings (SSSR count). The number of hydrogen-bond donors (Lipinski definition) is 2. The average Bonchev–Trinajstić information content (AvgIpc) is 2.61. The fraction of sp³-hybridized carbons (Fsp3) is 0.550. The van der Waals surface area contributed by atoms with Gasteiger partial charge in [-0.15, -0.1) is 0 Å². The van der Waals surface area contributed by atoms with Crippen LogP contribution in [-0.4, -0.2) is 50.7 Å². The molecule has 0 spiro atoms. The van der Waals surface area contributed by atoms with Gasteiger partial charge < -0.3 is 10.4 Å². The number of carboxylic acid groups (broad SMARTS) is 1. The predicted octanol–water partition coefficient (Wildman–Crippen LogP) is 2.16. The molecule has 0 radical (unpaired) electrons. The Morgan fingerprint density at radius 1 is 1.33 bits per heavy atom. The molecule has 0 bridgehead atoms. The predicted molar refractivity (Wildman–Crippen MR) is 105 cm³/mol. The largest absolute Gasteiger partial charge is 0.478 e. The van der Waals surface area contributed by atoms with Gasteiger partial charge in [-0.05, 0) is 38.5 Å². The molecule has 0 aliphatic carbocycles. The van der Waals surface area contributed by atoms with Crippen LogP contribution < -0.4 is 10.9 Å². The van der Waals surface area contributed by atoms with Crippen LogP contribution in [0.25, 0.3) is 10.9 Å². The molecule has 1 aromatic carbocycles. The third-order valence-corrected chi connectivity index (χ3v) is 5.25. The molecule has 1 unspecified atom stereocenters. The zero-order valence-corrected chi connectivity index (χ0v) is 16.4. The van der Waals surface area contributed by atoms with Crippen molar-refractivity contribution < 1.29 is 9.90 Å². The minimum absolute atomic E-state index is 0.0255. The highest BCUT2D eigenvalue weighted by atomic mass is 16.4. The maximum atomic E-state index is 12.9. The summed E-state index contributed by atoms with van der Waals surface area (Å²) in [6, 6.07) is 5.26. The smallest absolute Gasteiger partial charge is 0.335 e. The Morgan fingerprint density at radius 2 is 2.00 bits per heavy atom. The minimum Gasteiger partial charge on any atom is -0.478 e. The van der Waals surface area contributed by atoms with E-state index in [2.05, 4.69) is 31.0 Å². The number of aromatic carboxylic acids is 1. The lowest BCUT2D eigenvalue weighted by atomic mass is 10.0. The molecule has 2 N–H and O–H groups in total. The van der Waals surface area contributed by atoms with Crippen LogP contribution in [0.3, 0.4) is 0 Å². The summed E-state index contributed by atoms with van der Waals surface area (Å²) in [4.78, 5) is 31.4. The van der Waals surface area contributed by atoms with Gasteiger partial charge >= 0.3 is 5.97 Å². The minimum atomic E-state index is -1.02. The first kappa shape index (κ1) is 19.5. The second-order valence-corrected chi connectivity index (χ2v) is 7.60. The summed E-state index contributed by atoms with van der Waals surface area (Å²) in [5.74, 6) is -0.311. The van der Waals surface area contributed by atoms with Crippen LogP contribution in [0.15, 0.2) is 23.0 Å². The van der Waals surface area contributed by atoms with Crippen molar-refractivity contribution in [2.75, 3.05) is 13.1 Å². The van der Waals surface area contributed by atoms with E-state index in [0.717, 1.165) is 25.9 Å². The van der Waals surface area contributed by atoms with Crippen molar-refractivity contribution >= 4 is 16.9 Å². The molecule has 7 heteroatoms. The van der Waals surface area contributed by atoms with Gasteiger partial charge in [-0.1, -0.05) is 13.3 Å². The van der Waals surface area contributed by atoms with Crippen molar-refractivity contribution in [3.63, 3.8) is 0 Å². The van der Waals surface area contributed by atoms with E-state index in [1.54, 1.807) is 17.7 Å². The summed E-state index contributed by atoms with van der Waals surface area (Å²) in [6.45, 7) is 8.23. The fourth-order valence-corrected chi connectivity index (χ4v) is 4.09. The number of aromatic nitrogens is 2. The number of carboxylic acids is 1. The SMILES string of the molecule is CCCC(c1nc2cc(C(=O)O)ccc2c(=O)n1C)N1C[C@@H](C)N[C@@H](C)C1. The van der Waals surface area contributed by atoms with Crippen LogP contribution in [0.2, 0.25) is 0 Å². The van der Waals surface area contributed by atoms with E-state index >= 15 is 0 Å². The number of fused-ring (bicyclic) bond motifs is 1.